The van der Waals surface area contributed by atoms with E-state index in [2.05, 4.69) is 10.0 Å². The normalized spacial score (nSPS) is 19.3. The van der Waals surface area contributed by atoms with Gasteiger partial charge in [-0.05, 0) is 56.0 Å². The van der Waals surface area contributed by atoms with Crippen molar-refractivity contribution in [1.82, 2.24) is 10.2 Å². The molecule has 0 radical (unpaired) electrons. The number of anilines is 1. The number of ether oxygens (including phenoxy) is 1. The summed E-state index contributed by atoms with van der Waals surface area (Å²) in [6, 6.07) is 14.6. The summed E-state index contributed by atoms with van der Waals surface area (Å²) in [5.74, 6) is -0.261. The van der Waals surface area contributed by atoms with Gasteiger partial charge in [-0.1, -0.05) is 24.3 Å². The summed E-state index contributed by atoms with van der Waals surface area (Å²) in [4.78, 5) is 27.3. The van der Waals surface area contributed by atoms with Crippen LogP contribution in [0.15, 0.2) is 59.5 Å². The second kappa shape index (κ2) is 10.4. The summed E-state index contributed by atoms with van der Waals surface area (Å²) in [5.41, 5.74) is 0.734. The monoisotopic (exact) mass is 471 g/mol. The van der Waals surface area contributed by atoms with E-state index in [-0.39, 0.29) is 28.7 Å². The maximum absolute atomic E-state index is 13.0. The van der Waals surface area contributed by atoms with Gasteiger partial charge in [-0.3, -0.25) is 14.3 Å². The maximum atomic E-state index is 13.0. The summed E-state index contributed by atoms with van der Waals surface area (Å²) in [7, 11) is -3.74. The van der Waals surface area contributed by atoms with Gasteiger partial charge in [-0.25, -0.2) is 8.42 Å². The third-order valence-electron chi connectivity index (χ3n) is 6.10. The van der Waals surface area contributed by atoms with Crippen LogP contribution in [-0.2, 0) is 19.6 Å². The predicted octanol–water partition coefficient (Wildman–Crippen LogP) is 2.63. The van der Waals surface area contributed by atoms with Crippen LogP contribution in [0.5, 0.6) is 0 Å². The van der Waals surface area contributed by atoms with Crippen LogP contribution in [0.1, 0.15) is 36.0 Å². The number of hydrogen-bond acceptors (Lipinski definition) is 5. The number of benzene rings is 2. The van der Waals surface area contributed by atoms with Crippen molar-refractivity contribution in [2.24, 2.45) is 5.92 Å². The fourth-order valence-electron chi connectivity index (χ4n) is 4.22. The van der Waals surface area contributed by atoms with Crippen molar-refractivity contribution in [3.8, 4) is 0 Å². The molecule has 2 amide bonds. The van der Waals surface area contributed by atoms with Gasteiger partial charge >= 0.3 is 0 Å². The van der Waals surface area contributed by atoms with Crippen LogP contribution in [0.4, 0.5) is 5.69 Å². The number of carbonyl (C=O) groups excluding carboxylic acids is 2. The summed E-state index contributed by atoms with van der Waals surface area (Å²) in [5, 5.41) is 2.98. The number of rotatable bonds is 7. The molecule has 4 rings (SSSR count). The van der Waals surface area contributed by atoms with Gasteiger partial charge < -0.3 is 15.0 Å². The fourth-order valence-corrected chi connectivity index (χ4v) is 5.29. The van der Waals surface area contributed by atoms with Crippen molar-refractivity contribution < 1.29 is 22.7 Å². The number of amides is 2. The lowest BCUT2D eigenvalue weighted by atomic mass is 9.95. The van der Waals surface area contributed by atoms with E-state index in [1.165, 1.54) is 12.1 Å². The highest BCUT2D eigenvalue weighted by atomic mass is 32.2. The van der Waals surface area contributed by atoms with Crippen LogP contribution in [0.25, 0.3) is 0 Å². The Labute approximate surface area is 194 Å². The second-order valence-electron chi connectivity index (χ2n) is 8.45. The van der Waals surface area contributed by atoms with Crippen molar-refractivity contribution in [3.63, 3.8) is 0 Å². The van der Waals surface area contributed by atoms with E-state index in [0.29, 0.717) is 43.7 Å². The van der Waals surface area contributed by atoms with Gasteiger partial charge in [0.2, 0.25) is 5.91 Å². The summed E-state index contributed by atoms with van der Waals surface area (Å²) >= 11 is 0. The Morgan fingerprint density at radius 3 is 2.45 bits per heavy atom. The van der Waals surface area contributed by atoms with Gasteiger partial charge in [0.1, 0.15) is 0 Å². The minimum absolute atomic E-state index is 0.0231. The molecule has 2 aromatic rings. The number of nitrogens with one attached hydrogen (secondary N) is 2. The van der Waals surface area contributed by atoms with Crippen molar-refractivity contribution in [1.29, 1.82) is 0 Å². The molecule has 2 aliphatic heterocycles. The molecule has 9 heteroatoms. The first-order valence-electron chi connectivity index (χ1n) is 11.3. The Balaban J connectivity index is 1.32. The van der Waals surface area contributed by atoms with Gasteiger partial charge in [0.05, 0.1) is 11.0 Å². The maximum Gasteiger partial charge on any atom is 0.261 e. The van der Waals surface area contributed by atoms with Crippen LogP contribution < -0.4 is 10.0 Å². The molecule has 33 heavy (non-hydrogen) atoms. The molecular formula is C24H29N3O5S. The highest BCUT2D eigenvalue weighted by Gasteiger charge is 2.28. The molecule has 0 saturated carbocycles. The standard InChI is InChI=1S/C24H29N3O5S/c28-23(25-17-21-8-5-15-32-21)18-11-13-27(14-12-18)24(29)19-6-4-7-20(16-19)26-33(30,31)22-9-2-1-3-10-22/h1-4,6-7,9-10,16,18,21,26H,5,8,11-15,17H2,(H,25,28). The van der Waals surface area contributed by atoms with Crippen molar-refractivity contribution >= 4 is 27.5 Å². The molecular weight excluding hydrogens is 442 g/mol. The van der Waals surface area contributed by atoms with Crippen molar-refractivity contribution in [2.75, 3.05) is 31.0 Å². The molecule has 1 atom stereocenters. The van der Waals surface area contributed by atoms with Gasteiger partial charge in [-0.15, -0.1) is 0 Å². The largest absolute Gasteiger partial charge is 0.376 e. The van der Waals surface area contributed by atoms with Crippen molar-refractivity contribution in [3.05, 3.63) is 60.2 Å². The lowest BCUT2D eigenvalue weighted by molar-refractivity contribution is -0.126. The summed E-state index contributed by atoms with van der Waals surface area (Å²) in [6.07, 6.45) is 3.33. The smallest absolute Gasteiger partial charge is 0.261 e. The Morgan fingerprint density at radius 1 is 1.00 bits per heavy atom. The molecule has 176 valence electrons. The highest BCUT2D eigenvalue weighted by molar-refractivity contribution is 7.92. The molecule has 0 aromatic heterocycles. The van der Waals surface area contributed by atoms with Crippen LogP contribution in [-0.4, -0.2) is 57.5 Å². The van der Waals surface area contributed by atoms with Gasteiger partial charge in [0.25, 0.3) is 15.9 Å². The van der Waals surface area contributed by atoms with E-state index >= 15 is 0 Å². The molecule has 8 nitrogen and oxygen atoms in total. The van der Waals surface area contributed by atoms with E-state index in [1.807, 2.05) is 0 Å². The topological polar surface area (TPSA) is 105 Å². The predicted molar refractivity (Wildman–Crippen MR) is 124 cm³/mol. The van der Waals surface area contributed by atoms with E-state index in [9.17, 15) is 18.0 Å². The molecule has 2 heterocycles. The Kier molecular flexibility index (Phi) is 7.29. The first-order valence-corrected chi connectivity index (χ1v) is 12.8. The molecule has 0 bridgehead atoms. The second-order valence-corrected chi connectivity index (χ2v) is 10.1. The molecule has 0 aliphatic carbocycles. The lowest BCUT2D eigenvalue weighted by Gasteiger charge is -2.31. The number of piperidine rings is 1. The third-order valence-corrected chi connectivity index (χ3v) is 7.49. The van der Waals surface area contributed by atoms with Gasteiger partial charge in [-0.2, -0.15) is 0 Å². The first-order chi connectivity index (χ1) is 15.9. The van der Waals surface area contributed by atoms with Crippen LogP contribution in [0.3, 0.4) is 0 Å². The Bertz CT molecular complexity index is 1080. The van der Waals surface area contributed by atoms with E-state index in [1.54, 1.807) is 47.4 Å². The van der Waals surface area contributed by atoms with Crippen LogP contribution in [0, 0.1) is 5.92 Å². The molecule has 2 aromatic carbocycles. The Morgan fingerprint density at radius 2 is 1.76 bits per heavy atom. The number of hydrogen-bond donors (Lipinski definition) is 2. The van der Waals surface area contributed by atoms with Gasteiger partial charge in [0.15, 0.2) is 0 Å². The molecule has 2 N–H and O–H groups in total. The quantitative estimate of drug-likeness (QED) is 0.646. The minimum Gasteiger partial charge on any atom is -0.376 e. The van der Waals surface area contributed by atoms with E-state index < -0.39 is 10.0 Å². The summed E-state index contributed by atoms with van der Waals surface area (Å²) < 4.78 is 33.2. The Hall–Kier alpha value is -2.91. The average Bonchev–Trinajstić information content (AvgIpc) is 3.36. The van der Waals surface area contributed by atoms with E-state index in [4.69, 9.17) is 4.74 Å². The zero-order valence-corrected chi connectivity index (χ0v) is 19.2. The van der Waals surface area contributed by atoms with E-state index in [0.717, 1.165) is 19.4 Å². The summed E-state index contributed by atoms with van der Waals surface area (Å²) in [6.45, 7) is 2.27. The molecule has 2 aliphatic rings. The number of nitrogens with zero attached hydrogens (tertiary/aromatic N) is 1. The van der Waals surface area contributed by atoms with Crippen molar-refractivity contribution in [2.45, 2.75) is 36.7 Å². The fraction of sp³-hybridized carbons (Fsp3) is 0.417. The molecule has 2 saturated heterocycles. The highest BCUT2D eigenvalue weighted by Crippen LogP contribution is 2.22. The zero-order valence-electron chi connectivity index (χ0n) is 18.4. The molecule has 0 spiro atoms. The molecule has 2 fully saturated rings. The number of carbonyl (C=O) groups is 2. The van der Waals surface area contributed by atoms with Crippen LogP contribution in [0.2, 0.25) is 0 Å². The van der Waals surface area contributed by atoms with Gasteiger partial charge in [0, 0.05) is 43.4 Å². The third kappa shape index (κ3) is 5.91. The zero-order chi connectivity index (χ0) is 23.3. The number of sulfonamides is 1. The lowest BCUT2D eigenvalue weighted by Crippen LogP contribution is -2.44. The van der Waals surface area contributed by atoms with Crippen LogP contribution >= 0.6 is 0 Å². The average molecular weight is 472 g/mol. The molecule has 1 unspecified atom stereocenters. The minimum atomic E-state index is -3.74. The first kappa shape index (κ1) is 23.3. The SMILES string of the molecule is O=C(NCC1CCCO1)C1CCN(C(=O)c2cccc(NS(=O)(=O)c3ccccc3)c2)CC1. The number of likely N-dealkylation sites (tertiary alicyclic amines) is 1.